The first kappa shape index (κ1) is 17.0. The number of hydrogen-bond acceptors (Lipinski definition) is 3. The highest BCUT2D eigenvalue weighted by Crippen LogP contribution is 2.29. The fourth-order valence-corrected chi connectivity index (χ4v) is 2.54. The largest absolute Gasteiger partial charge is 0.468 e. The lowest BCUT2D eigenvalue weighted by Crippen LogP contribution is -2.31. The lowest BCUT2D eigenvalue weighted by molar-refractivity contribution is -0.141. The highest BCUT2D eigenvalue weighted by atomic mass is 35.5. The number of benzene rings is 2. The van der Waals surface area contributed by atoms with Crippen LogP contribution in [-0.4, -0.2) is 25.5 Å². The van der Waals surface area contributed by atoms with E-state index in [-0.39, 0.29) is 24.8 Å². The Bertz CT molecular complexity index is 673. The van der Waals surface area contributed by atoms with Crippen molar-refractivity contribution in [3.05, 3.63) is 70.7 Å². The van der Waals surface area contributed by atoms with Crippen LogP contribution in [0, 0.1) is 0 Å². The standard InChI is InChI=1S/C18H18ClNO3/c1-23-18(22)12-20-17(21)11-16(13-6-3-2-4-7-13)14-8-5-9-15(19)10-14/h2-10,16H,11-12H2,1H3,(H,20,21)/t16-/m1/s1. The van der Waals surface area contributed by atoms with Gasteiger partial charge in [-0.2, -0.15) is 0 Å². The van der Waals surface area contributed by atoms with Crippen molar-refractivity contribution < 1.29 is 14.3 Å². The summed E-state index contributed by atoms with van der Waals surface area (Å²) in [6.45, 7) is -0.133. The number of methoxy groups -OCH3 is 1. The highest BCUT2D eigenvalue weighted by molar-refractivity contribution is 6.30. The van der Waals surface area contributed by atoms with E-state index in [2.05, 4.69) is 10.1 Å². The van der Waals surface area contributed by atoms with Crippen LogP contribution in [0.4, 0.5) is 0 Å². The molecule has 2 rings (SSSR count). The van der Waals surface area contributed by atoms with Crippen LogP contribution >= 0.6 is 11.6 Å². The first-order chi connectivity index (χ1) is 11.1. The van der Waals surface area contributed by atoms with Crippen molar-refractivity contribution in [2.45, 2.75) is 12.3 Å². The van der Waals surface area contributed by atoms with E-state index in [4.69, 9.17) is 11.6 Å². The van der Waals surface area contributed by atoms with Crippen LogP contribution in [0.1, 0.15) is 23.5 Å². The fraction of sp³-hybridized carbons (Fsp3) is 0.222. The maximum Gasteiger partial charge on any atom is 0.325 e. The Morgan fingerprint density at radius 3 is 2.43 bits per heavy atom. The predicted molar refractivity (Wildman–Crippen MR) is 89.4 cm³/mol. The zero-order valence-electron chi connectivity index (χ0n) is 12.8. The number of halogens is 1. The number of amides is 1. The lowest BCUT2D eigenvalue weighted by atomic mass is 9.88. The molecule has 2 aromatic carbocycles. The third-order valence-electron chi connectivity index (χ3n) is 3.50. The third-order valence-corrected chi connectivity index (χ3v) is 3.74. The summed E-state index contributed by atoms with van der Waals surface area (Å²) >= 11 is 6.07. The molecule has 0 aliphatic carbocycles. The number of esters is 1. The third kappa shape index (κ3) is 5.11. The molecular weight excluding hydrogens is 314 g/mol. The number of rotatable bonds is 6. The normalized spacial score (nSPS) is 11.6. The molecule has 4 nitrogen and oxygen atoms in total. The van der Waals surface area contributed by atoms with E-state index in [1.165, 1.54) is 7.11 Å². The van der Waals surface area contributed by atoms with Crippen molar-refractivity contribution in [1.29, 1.82) is 0 Å². The molecule has 0 aliphatic heterocycles. The van der Waals surface area contributed by atoms with Crippen LogP contribution in [0.2, 0.25) is 5.02 Å². The summed E-state index contributed by atoms with van der Waals surface area (Å²) in [4.78, 5) is 23.3. The van der Waals surface area contributed by atoms with Gasteiger partial charge in [0.2, 0.25) is 5.91 Å². The molecule has 23 heavy (non-hydrogen) atoms. The molecule has 0 heterocycles. The van der Waals surface area contributed by atoms with Gasteiger partial charge in [0.05, 0.1) is 7.11 Å². The number of hydrogen-bond donors (Lipinski definition) is 1. The van der Waals surface area contributed by atoms with Crippen LogP contribution in [0.3, 0.4) is 0 Å². The van der Waals surface area contributed by atoms with E-state index in [1.807, 2.05) is 48.5 Å². The Balaban J connectivity index is 2.18. The van der Waals surface area contributed by atoms with Gasteiger partial charge in [-0.15, -0.1) is 0 Å². The number of ether oxygens (including phenoxy) is 1. The fourth-order valence-electron chi connectivity index (χ4n) is 2.34. The Morgan fingerprint density at radius 2 is 1.78 bits per heavy atom. The smallest absolute Gasteiger partial charge is 0.325 e. The highest BCUT2D eigenvalue weighted by Gasteiger charge is 2.19. The lowest BCUT2D eigenvalue weighted by Gasteiger charge is -2.18. The maximum absolute atomic E-state index is 12.2. The van der Waals surface area contributed by atoms with Gasteiger partial charge in [-0.3, -0.25) is 9.59 Å². The van der Waals surface area contributed by atoms with E-state index >= 15 is 0 Å². The Labute approximate surface area is 140 Å². The van der Waals surface area contributed by atoms with Gasteiger partial charge in [-0.1, -0.05) is 54.1 Å². The van der Waals surface area contributed by atoms with E-state index in [1.54, 1.807) is 6.07 Å². The molecule has 1 N–H and O–H groups in total. The molecule has 1 amide bonds. The molecule has 120 valence electrons. The molecule has 0 unspecified atom stereocenters. The van der Waals surface area contributed by atoms with Crippen LogP contribution in [0.25, 0.3) is 0 Å². The van der Waals surface area contributed by atoms with Gasteiger partial charge in [-0.25, -0.2) is 0 Å². The van der Waals surface area contributed by atoms with Gasteiger partial charge >= 0.3 is 5.97 Å². The second-order valence-electron chi connectivity index (χ2n) is 5.08. The van der Waals surface area contributed by atoms with Crippen molar-refractivity contribution in [1.82, 2.24) is 5.32 Å². The van der Waals surface area contributed by atoms with E-state index < -0.39 is 5.97 Å². The minimum atomic E-state index is -0.475. The molecule has 0 aliphatic rings. The van der Waals surface area contributed by atoms with E-state index in [0.717, 1.165) is 11.1 Å². The predicted octanol–water partition coefficient (Wildman–Crippen LogP) is 3.15. The van der Waals surface area contributed by atoms with Crippen LogP contribution in [0.5, 0.6) is 0 Å². The van der Waals surface area contributed by atoms with Crippen molar-refractivity contribution in [3.63, 3.8) is 0 Å². The topological polar surface area (TPSA) is 55.4 Å². The van der Waals surface area contributed by atoms with Gasteiger partial charge in [0.1, 0.15) is 6.54 Å². The SMILES string of the molecule is COC(=O)CNC(=O)C[C@H](c1ccccc1)c1cccc(Cl)c1. The molecule has 5 heteroatoms. The summed E-state index contributed by atoms with van der Waals surface area (Å²) in [5.41, 5.74) is 1.97. The molecule has 0 saturated carbocycles. The first-order valence-electron chi connectivity index (χ1n) is 7.24. The van der Waals surface area contributed by atoms with Crippen LogP contribution in [-0.2, 0) is 14.3 Å². The Kier molecular flexibility index (Phi) is 6.18. The molecule has 1 atom stereocenters. The second kappa shape index (κ2) is 8.34. The number of carbonyl (C=O) groups excluding carboxylic acids is 2. The molecule has 0 aromatic heterocycles. The van der Waals surface area contributed by atoms with Crippen molar-refractivity contribution in [3.8, 4) is 0 Å². The average molecular weight is 332 g/mol. The minimum Gasteiger partial charge on any atom is -0.468 e. The van der Waals surface area contributed by atoms with Crippen molar-refractivity contribution >= 4 is 23.5 Å². The summed E-state index contributed by atoms with van der Waals surface area (Å²) in [6, 6.07) is 17.2. The number of nitrogens with one attached hydrogen (secondary N) is 1. The van der Waals surface area contributed by atoms with Gasteiger partial charge in [0.15, 0.2) is 0 Å². The zero-order valence-corrected chi connectivity index (χ0v) is 13.5. The van der Waals surface area contributed by atoms with Crippen molar-refractivity contribution in [2.24, 2.45) is 0 Å². The van der Waals surface area contributed by atoms with E-state index in [9.17, 15) is 9.59 Å². The maximum atomic E-state index is 12.2. The van der Waals surface area contributed by atoms with Gasteiger partial charge in [0.25, 0.3) is 0 Å². The molecule has 0 radical (unpaired) electrons. The summed E-state index contributed by atoms with van der Waals surface area (Å²) in [5, 5.41) is 3.20. The molecule has 0 saturated heterocycles. The molecular formula is C18H18ClNO3. The minimum absolute atomic E-state index is 0.132. The molecule has 0 fully saturated rings. The summed E-state index contributed by atoms with van der Waals surface area (Å²) in [7, 11) is 1.28. The second-order valence-corrected chi connectivity index (χ2v) is 5.51. The summed E-state index contributed by atoms with van der Waals surface area (Å²) < 4.78 is 4.52. The van der Waals surface area contributed by atoms with Gasteiger partial charge in [-0.05, 0) is 23.3 Å². The van der Waals surface area contributed by atoms with Gasteiger partial charge < -0.3 is 10.1 Å². The number of carbonyl (C=O) groups is 2. The first-order valence-corrected chi connectivity index (χ1v) is 7.62. The van der Waals surface area contributed by atoms with E-state index in [0.29, 0.717) is 5.02 Å². The van der Waals surface area contributed by atoms with Crippen LogP contribution < -0.4 is 5.32 Å². The molecule has 0 bridgehead atoms. The quantitative estimate of drug-likeness (QED) is 0.827. The monoisotopic (exact) mass is 331 g/mol. The summed E-state index contributed by atoms with van der Waals surface area (Å²) in [6.07, 6.45) is 0.224. The average Bonchev–Trinajstić information content (AvgIpc) is 2.58. The Hall–Kier alpha value is -2.33. The zero-order chi connectivity index (χ0) is 16.7. The molecule has 2 aromatic rings. The van der Waals surface area contributed by atoms with Crippen molar-refractivity contribution in [2.75, 3.05) is 13.7 Å². The molecule has 0 spiro atoms. The summed E-state index contributed by atoms with van der Waals surface area (Å²) in [5.74, 6) is -0.825. The van der Waals surface area contributed by atoms with Gasteiger partial charge in [0, 0.05) is 17.4 Å². The van der Waals surface area contributed by atoms with Crippen LogP contribution in [0.15, 0.2) is 54.6 Å². The Morgan fingerprint density at radius 1 is 1.09 bits per heavy atom.